The van der Waals surface area contributed by atoms with E-state index in [0.717, 1.165) is 35.7 Å². The van der Waals surface area contributed by atoms with Crippen molar-refractivity contribution in [2.24, 2.45) is 5.73 Å². The lowest BCUT2D eigenvalue weighted by Gasteiger charge is -2.18. The summed E-state index contributed by atoms with van der Waals surface area (Å²) in [7, 11) is 0. The minimum Gasteiger partial charge on any atom is -0.490 e. The van der Waals surface area contributed by atoms with Gasteiger partial charge >= 0.3 is 0 Å². The van der Waals surface area contributed by atoms with E-state index in [1.807, 2.05) is 12.1 Å². The highest BCUT2D eigenvalue weighted by Gasteiger charge is 2.18. The highest BCUT2D eigenvalue weighted by Crippen LogP contribution is 2.38. The van der Waals surface area contributed by atoms with E-state index in [-0.39, 0.29) is 12.9 Å². The first-order valence-corrected chi connectivity index (χ1v) is 6.07. The topological polar surface area (TPSA) is 53.7 Å². The zero-order valence-corrected chi connectivity index (χ0v) is 10.4. The average molecular weight is 237 g/mol. The number of fused-ring (bicyclic) bond motifs is 1. The molecule has 0 saturated heterocycles. The van der Waals surface area contributed by atoms with Gasteiger partial charge in [0.15, 0.2) is 11.5 Å². The van der Waals surface area contributed by atoms with Crippen LogP contribution in [-0.2, 0) is 6.54 Å². The number of hydrogen-bond acceptors (Lipinski definition) is 4. The summed E-state index contributed by atoms with van der Waals surface area (Å²) in [5.41, 5.74) is 6.69. The maximum atomic E-state index is 5.94. The predicted molar refractivity (Wildman–Crippen MR) is 65.5 cm³/mol. The molecule has 0 atom stereocenters. The maximum absolute atomic E-state index is 5.94. The fraction of sp³-hybridized carbons (Fsp3) is 0.538. The van der Waals surface area contributed by atoms with Crippen LogP contribution in [0.4, 0.5) is 0 Å². The fourth-order valence-corrected chi connectivity index (χ4v) is 1.87. The first-order chi connectivity index (χ1) is 8.28. The number of hydrogen-bond donors (Lipinski definition) is 1. The first-order valence-electron chi connectivity index (χ1n) is 6.07. The molecule has 0 radical (unpaired) electrons. The molecule has 1 aliphatic heterocycles. The third-order valence-electron chi connectivity index (χ3n) is 2.98. The average Bonchev–Trinajstić information content (AvgIpc) is 2.81. The Morgan fingerprint density at radius 3 is 2.47 bits per heavy atom. The van der Waals surface area contributed by atoms with Gasteiger partial charge in [-0.3, -0.25) is 0 Å². The van der Waals surface area contributed by atoms with Crippen LogP contribution in [0.2, 0.25) is 0 Å². The van der Waals surface area contributed by atoms with E-state index in [2.05, 4.69) is 13.8 Å². The van der Waals surface area contributed by atoms with Crippen LogP contribution in [0.5, 0.6) is 17.2 Å². The molecule has 1 aromatic carbocycles. The minimum atomic E-state index is 0.223. The van der Waals surface area contributed by atoms with Gasteiger partial charge in [0.05, 0.1) is 6.10 Å². The molecule has 1 aliphatic rings. The summed E-state index contributed by atoms with van der Waals surface area (Å²) in [4.78, 5) is 0. The van der Waals surface area contributed by atoms with Gasteiger partial charge in [-0.25, -0.2) is 0 Å². The molecule has 0 amide bonds. The van der Waals surface area contributed by atoms with E-state index >= 15 is 0 Å². The van der Waals surface area contributed by atoms with Gasteiger partial charge in [0.1, 0.15) is 5.75 Å². The number of nitrogens with two attached hydrogens (primary N) is 1. The minimum absolute atomic E-state index is 0.223. The summed E-state index contributed by atoms with van der Waals surface area (Å²) in [5.74, 6) is 2.30. The molecule has 4 nitrogen and oxygen atoms in total. The van der Waals surface area contributed by atoms with Gasteiger partial charge in [0, 0.05) is 18.2 Å². The second kappa shape index (κ2) is 5.27. The van der Waals surface area contributed by atoms with Crippen molar-refractivity contribution in [3.05, 3.63) is 17.7 Å². The summed E-state index contributed by atoms with van der Waals surface area (Å²) in [5, 5.41) is 0. The Hall–Kier alpha value is -1.42. The molecule has 2 rings (SSSR count). The lowest BCUT2D eigenvalue weighted by Crippen LogP contribution is -2.15. The van der Waals surface area contributed by atoms with Crippen LogP contribution in [-0.4, -0.2) is 12.9 Å². The number of benzene rings is 1. The molecule has 0 aliphatic carbocycles. The van der Waals surface area contributed by atoms with E-state index in [1.54, 1.807) is 0 Å². The Morgan fingerprint density at radius 2 is 1.88 bits per heavy atom. The molecular weight excluding hydrogens is 218 g/mol. The SMILES string of the molecule is CCC(CC)Oc1cc2c(cc1CN)OCO2. The van der Waals surface area contributed by atoms with E-state index < -0.39 is 0 Å². The molecule has 1 heterocycles. The van der Waals surface area contributed by atoms with Gasteiger partial charge in [-0.05, 0) is 18.9 Å². The van der Waals surface area contributed by atoms with Crippen molar-refractivity contribution >= 4 is 0 Å². The van der Waals surface area contributed by atoms with Crippen molar-refractivity contribution in [1.29, 1.82) is 0 Å². The molecule has 4 heteroatoms. The third-order valence-corrected chi connectivity index (χ3v) is 2.98. The van der Waals surface area contributed by atoms with Crippen LogP contribution in [0.15, 0.2) is 12.1 Å². The summed E-state index contributed by atoms with van der Waals surface area (Å²) in [6.45, 7) is 4.94. The van der Waals surface area contributed by atoms with Crippen molar-refractivity contribution in [2.45, 2.75) is 39.3 Å². The van der Waals surface area contributed by atoms with Crippen molar-refractivity contribution in [1.82, 2.24) is 0 Å². The second-order valence-electron chi connectivity index (χ2n) is 4.07. The van der Waals surface area contributed by atoms with Crippen molar-refractivity contribution in [2.75, 3.05) is 6.79 Å². The lowest BCUT2D eigenvalue weighted by atomic mass is 10.1. The molecule has 1 aromatic rings. The van der Waals surface area contributed by atoms with Crippen LogP contribution < -0.4 is 19.9 Å². The molecule has 0 bridgehead atoms. The van der Waals surface area contributed by atoms with Crippen LogP contribution in [0.3, 0.4) is 0 Å². The zero-order chi connectivity index (χ0) is 12.3. The van der Waals surface area contributed by atoms with Gasteiger partial charge in [-0.1, -0.05) is 13.8 Å². The van der Waals surface area contributed by atoms with Gasteiger partial charge in [-0.15, -0.1) is 0 Å². The maximum Gasteiger partial charge on any atom is 0.231 e. The quantitative estimate of drug-likeness (QED) is 0.854. The first kappa shape index (κ1) is 12.0. The smallest absolute Gasteiger partial charge is 0.231 e. The predicted octanol–water partition coefficient (Wildman–Crippen LogP) is 2.44. The largest absolute Gasteiger partial charge is 0.490 e. The zero-order valence-electron chi connectivity index (χ0n) is 10.4. The summed E-state index contributed by atoms with van der Waals surface area (Å²) >= 11 is 0. The van der Waals surface area contributed by atoms with Gasteiger partial charge in [-0.2, -0.15) is 0 Å². The highest BCUT2D eigenvalue weighted by atomic mass is 16.7. The molecule has 2 N–H and O–H groups in total. The van der Waals surface area contributed by atoms with Crippen molar-refractivity contribution in [3.8, 4) is 17.2 Å². The molecule has 0 aromatic heterocycles. The van der Waals surface area contributed by atoms with Crippen LogP contribution in [0.25, 0.3) is 0 Å². The van der Waals surface area contributed by atoms with Crippen molar-refractivity contribution in [3.63, 3.8) is 0 Å². The molecule has 94 valence electrons. The van der Waals surface area contributed by atoms with E-state index in [1.165, 1.54) is 0 Å². The Labute approximate surface area is 102 Å². The number of rotatable bonds is 5. The number of ether oxygens (including phenoxy) is 3. The van der Waals surface area contributed by atoms with Crippen LogP contribution >= 0.6 is 0 Å². The van der Waals surface area contributed by atoms with Crippen LogP contribution in [0, 0.1) is 0 Å². The van der Waals surface area contributed by atoms with E-state index in [0.29, 0.717) is 6.54 Å². The van der Waals surface area contributed by atoms with Crippen LogP contribution in [0.1, 0.15) is 32.3 Å². The standard InChI is InChI=1S/C13H19NO3/c1-3-10(4-2)17-11-6-13-12(15-8-16-13)5-9(11)7-14/h5-6,10H,3-4,7-8,14H2,1-2H3. The Morgan fingerprint density at radius 1 is 1.24 bits per heavy atom. The fourth-order valence-electron chi connectivity index (χ4n) is 1.87. The summed E-state index contributed by atoms with van der Waals surface area (Å²) in [6, 6.07) is 3.78. The Balaban J connectivity index is 2.26. The van der Waals surface area contributed by atoms with Gasteiger partial charge < -0.3 is 19.9 Å². The third kappa shape index (κ3) is 2.47. The molecule has 0 unspecified atom stereocenters. The van der Waals surface area contributed by atoms with E-state index in [9.17, 15) is 0 Å². The summed E-state index contributed by atoms with van der Waals surface area (Å²) in [6.07, 6.45) is 2.19. The molecule has 0 saturated carbocycles. The van der Waals surface area contributed by atoms with Gasteiger partial charge in [0.2, 0.25) is 6.79 Å². The van der Waals surface area contributed by atoms with Gasteiger partial charge in [0.25, 0.3) is 0 Å². The molecular formula is C13H19NO3. The lowest BCUT2D eigenvalue weighted by molar-refractivity contribution is 0.173. The molecule has 0 fully saturated rings. The Kier molecular flexibility index (Phi) is 3.74. The normalized spacial score (nSPS) is 13.2. The monoisotopic (exact) mass is 237 g/mol. The second-order valence-corrected chi connectivity index (χ2v) is 4.07. The highest BCUT2D eigenvalue weighted by molar-refractivity contribution is 5.51. The summed E-state index contributed by atoms with van der Waals surface area (Å²) < 4.78 is 16.6. The van der Waals surface area contributed by atoms with E-state index in [4.69, 9.17) is 19.9 Å². The Bertz CT molecular complexity index is 388. The van der Waals surface area contributed by atoms with Crippen molar-refractivity contribution < 1.29 is 14.2 Å². The molecule has 0 spiro atoms. The molecule has 17 heavy (non-hydrogen) atoms.